The topological polar surface area (TPSA) is 21.7 Å². The minimum Gasteiger partial charge on any atom is -0.380 e. The summed E-state index contributed by atoms with van der Waals surface area (Å²) in [6.45, 7) is 12.7. The minimum absolute atomic E-state index is 0.666. The van der Waals surface area contributed by atoms with Crippen LogP contribution < -0.4 is 0 Å². The van der Waals surface area contributed by atoms with Crippen LogP contribution >= 0.6 is 0 Å². The number of hydrogen-bond donors (Lipinski definition) is 0. The van der Waals surface area contributed by atoms with Crippen molar-refractivity contribution in [2.75, 3.05) is 46.6 Å². The van der Waals surface area contributed by atoms with Gasteiger partial charge in [0.05, 0.1) is 19.8 Å². The summed E-state index contributed by atoms with van der Waals surface area (Å²) in [5.74, 6) is 0. The summed E-state index contributed by atoms with van der Waals surface area (Å²) >= 11 is 0. The van der Waals surface area contributed by atoms with Gasteiger partial charge in [-0.25, -0.2) is 0 Å². The molecule has 0 aromatic carbocycles. The lowest BCUT2D eigenvalue weighted by atomic mass is 10.4. The Kier molecular flexibility index (Phi) is 8.94. The molecule has 0 radical (unpaired) electrons. The van der Waals surface area contributed by atoms with Gasteiger partial charge < -0.3 is 14.4 Å². The Morgan fingerprint density at radius 1 is 1.21 bits per heavy atom. The molecular formula is C11H23NO2. The number of nitrogens with zero attached hydrogens (tertiary/aromatic N) is 1. The van der Waals surface area contributed by atoms with Crippen molar-refractivity contribution in [3.63, 3.8) is 0 Å². The Morgan fingerprint density at radius 2 is 1.79 bits per heavy atom. The second-order valence-corrected chi connectivity index (χ2v) is 3.51. The van der Waals surface area contributed by atoms with Gasteiger partial charge >= 0.3 is 0 Å². The highest BCUT2D eigenvalue weighted by molar-refractivity contribution is 4.87. The van der Waals surface area contributed by atoms with Gasteiger partial charge in [0.25, 0.3) is 0 Å². The SMILES string of the molecule is C=C(C)COCCN(C)CCOCC. The molecule has 0 aromatic heterocycles. The van der Waals surface area contributed by atoms with Crippen molar-refractivity contribution in [2.24, 2.45) is 0 Å². The maximum atomic E-state index is 5.39. The van der Waals surface area contributed by atoms with Crippen molar-refractivity contribution in [1.29, 1.82) is 0 Å². The second-order valence-electron chi connectivity index (χ2n) is 3.51. The van der Waals surface area contributed by atoms with Crippen LogP contribution in [0.4, 0.5) is 0 Å². The summed E-state index contributed by atoms with van der Waals surface area (Å²) in [5, 5.41) is 0. The molecule has 0 atom stereocenters. The molecule has 0 aliphatic heterocycles. The van der Waals surface area contributed by atoms with Gasteiger partial charge in [-0.1, -0.05) is 12.2 Å². The lowest BCUT2D eigenvalue weighted by Gasteiger charge is -2.16. The quantitative estimate of drug-likeness (QED) is 0.417. The zero-order valence-corrected chi connectivity index (χ0v) is 9.71. The van der Waals surface area contributed by atoms with Gasteiger partial charge in [-0.05, 0) is 20.9 Å². The third-order valence-corrected chi connectivity index (χ3v) is 1.79. The van der Waals surface area contributed by atoms with Crippen LogP contribution in [-0.4, -0.2) is 51.5 Å². The van der Waals surface area contributed by atoms with Crippen LogP contribution in [0.2, 0.25) is 0 Å². The van der Waals surface area contributed by atoms with E-state index in [1.165, 1.54) is 0 Å². The molecule has 3 heteroatoms. The van der Waals surface area contributed by atoms with Gasteiger partial charge in [0.1, 0.15) is 0 Å². The van der Waals surface area contributed by atoms with Crippen LogP contribution in [0.15, 0.2) is 12.2 Å². The number of hydrogen-bond acceptors (Lipinski definition) is 3. The first kappa shape index (κ1) is 13.6. The lowest BCUT2D eigenvalue weighted by Crippen LogP contribution is -2.27. The second kappa shape index (κ2) is 9.19. The van der Waals surface area contributed by atoms with E-state index in [1.54, 1.807) is 0 Å². The maximum absolute atomic E-state index is 5.39. The van der Waals surface area contributed by atoms with Gasteiger partial charge in [0.2, 0.25) is 0 Å². The smallest absolute Gasteiger partial charge is 0.0672 e. The highest BCUT2D eigenvalue weighted by atomic mass is 16.5. The average molecular weight is 201 g/mol. The normalized spacial score (nSPS) is 10.9. The van der Waals surface area contributed by atoms with Gasteiger partial charge in [0, 0.05) is 19.7 Å². The molecule has 0 amide bonds. The van der Waals surface area contributed by atoms with Crippen molar-refractivity contribution < 1.29 is 9.47 Å². The Bertz CT molecular complexity index is 148. The fraction of sp³-hybridized carbons (Fsp3) is 0.818. The van der Waals surface area contributed by atoms with E-state index in [1.807, 2.05) is 13.8 Å². The molecule has 0 aliphatic rings. The Hall–Kier alpha value is -0.380. The predicted molar refractivity (Wildman–Crippen MR) is 59.6 cm³/mol. The first-order chi connectivity index (χ1) is 6.66. The highest BCUT2D eigenvalue weighted by Gasteiger charge is 1.97. The molecule has 0 heterocycles. The lowest BCUT2D eigenvalue weighted by molar-refractivity contribution is 0.0964. The molecule has 84 valence electrons. The maximum Gasteiger partial charge on any atom is 0.0672 e. The van der Waals surface area contributed by atoms with E-state index in [0.717, 1.165) is 38.5 Å². The van der Waals surface area contributed by atoms with E-state index in [0.29, 0.717) is 6.61 Å². The van der Waals surface area contributed by atoms with Crippen LogP contribution in [0.1, 0.15) is 13.8 Å². The molecule has 0 N–H and O–H groups in total. The van der Waals surface area contributed by atoms with E-state index < -0.39 is 0 Å². The summed E-state index contributed by atoms with van der Waals surface area (Å²) in [6, 6.07) is 0. The van der Waals surface area contributed by atoms with Crippen molar-refractivity contribution in [2.45, 2.75) is 13.8 Å². The molecule has 0 bridgehead atoms. The van der Waals surface area contributed by atoms with Crippen LogP contribution in [0.25, 0.3) is 0 Å². The van der Waals surface area contributed by atoms with Crippen LogP contribution in [0.5, 0.6) is 0 Å². The zero-order chi connectivity index (χ0) is 10.8. The summed E-state index contributed by atoms with van der Waals surface area (Å²) in [5.41, 5.74) is 1.07. The largest absolute Gasteiger partial charge is 0.380 e. The fourth-order valence-corrected chi connectivity index (χ4v) is 0.943. The van der Waals surface area contributed by atoms with E-state index in [-0.39, 0.29) is 0 Å². The molecule has 0 saturated carbocycles. The van der Waals surface area contributed by atoms with Gasteiger partial charge in [-0.2, -0.15) is 0 Å². The van der Waals surface area contributed by atoms with Crippen molar-refractivity contribution in [3.8, 4) is 0 Å². The summed E-state index contributed by atoms with van der Waals surface area (Å²) in [6.07, 6.45) is 0. The predicted octanol–water partition coefficient (Wildman–Crippen LogP) is 1.55. The fourth-order valence-electron chi connectivity index (χ4n) is 0.943. The summed E-state index contributed by atoms with van der Waals surface area (Å²) < 4.78 is 10.6. The monoisotopic (exact) mass is 201 g/mol. The van der Waals surface area contributed by atoms with Gasteiger partial charge in [-0.15, -0.1) is 0 Å². The molecule has 0 saturated heterocycles. The molecule has 0 aliphatic carbocycles. The molecule has 14 heavy (non-hydrogen) atoms. The van der Waals surface area contributed by atoms with Crippen LogP contribution in [0, 0.1) is 0 Å². The van der Waals surface area contributed by atoms with Crippen molar-refractivity contribution in [1.82, 2.24) is 4.90 Å². The number of rotatable bonds is 9. The molecule has 0 unspecified atom stereocenters. The van der Waals surface area contributed by atoms with Crippen LogP contribution in [0.3, 0.4) is 0 Å². The van der Waals surface area contributed by atoms with E-state index in [2.05, 4.69) is 18.5 Å². The average Bonchev–Trinajstić information content (AvgIpc) is 2.13. The molecule has 0 spiro atoms. The molecule has 0 fully saturated rings. The first-order valence-electron chi connectivity index (χ1n) is 5.15. The Labute approximate surface area is 87.7 Å². The standard InChI is InChI=1S/C11H23NO2/c1-5-13-8-6-12(4)7-9-14-10-11(2)3/h2,5-10H2,1,3-4H3. The van der Waals surface area contributed by atoms with E-state index >= 15 is 0 Å². The van der Waals surface area contributed by atoms with Crippen LogP contribution in [-0.2, 0) is 9.47 Å². The molecular weight excluding hydrogens is 178 g/mol. The van der Waals surface area contributed by atoms with Crippen molar-refractivity contribution >= 4 is 0 Å². The van der Waals surface area contributed by atoms with E-state index in [4.69, 9.17) is 9.47 Å². The zero-order valence-electron chi connectivity index (χ0n) is 9.71. The molecule has 0 aromatic rings. The third kappa shape index (κ3) is 9.71. The number of likely N-dealkylation sites (N-methyl/N-ethyl adjacent to an activating group) is 1. The first-order valence-corrected chi connectivity index (χ1v) is 5.15. The summed E-state index contributed by atoms with van der Waals surface area (Å²) in [7, 11) is 2.07. The highest BCUT2D eigenvalue weighted by Crippen LogP contribution is 1.89. The molecule has 0 rings (SSSR count). The Balaban J connectivity index is 3.18. The van der Waals surface area contributed by atoms with Gasteiger partial charge in [-0.3, -0.25) is 0 Å². The third-order valence-electron chi connectivity index (χ3n) is 1.79. The van der Waals surface area contributed by atoms with Gasteiger partial charge in [0.15, 0.2) is 0 Å². The Morgan fingerprint density at radius 3 is 2.29 bits per heavy atom. The minimum atomic E-state index is 0.666. The summed E-state index contributed by atoms with van der Waals surface area (Å²) in [4.78, 5) is 2.20. The van der Waals surface area contributed by atoms with E-state index in [9.17, 15) is 0 Å². The molecule has 3 nitrogen and oxygen atoms in total. The number of ether oxygens (including phenoxy) is 2. The van der Waals surface area contributed by atoms with Crippen molar-refractivity contribution in [3.05, 3.63) is 12.2 Å².